The van der Waals surface area contributed by atoms with E-state index in [9.17, 15) is 14.9 Å². The number of benzene rings is 2. The van der Waals surface area contributed by atoms with Crippen molar-refractivity contribution < 1.29 is 19.2 Å². The van der Waals surface area contributed by atoms with Gasteiger partial charge in [0.1, 0.15) is 12.4 Å². The standard InChI is InChI=1S/C19H21NO5/c1-11-8-12(2)19(14(4)21)13(3)16(11)10-25-18-7-6-15(24-5)9-17(18)20(22)23/h6-9H,10H2,1-5H3. The second kappa shape index (κ2) is 7.34. The Morgan fingerprint density at radius 1 is 1.16 bits per heavy atom. The Hall–Kier alpha value is -2.89. The lowest BCUT2D eigenvalue weighted by molar-refractivity contribution is -0.386. The van der Waals surface area contributed by atoms with Crippen LogP contribution < -0.4 is 9.47 Å². The molecule has 0 fully saturated rings. The lowest BCUT2D eigenvalue weighted by Gasteiger charge is -2.16. The van der Waals surface area contributed by atoms with E-state index in [0.717, 1.165) is 22.3 Å². The molecule has 0 unspecified atom stereocenters. The molecule has 6 nitrogen and oxygen atoms in total. The predicted molar refractivity (Wildman–Crippen MR) is 94.6 cm³/mol. The Kier molecular flexibility index (Phi) is 5.41. The quantitative estimate of drug-likeness (QED) is 0.443. The summed E-state index contributed by atoms with van der Waals surface area (Å²) in [7, 11) is 1.45. The van der Waals surface area contributed by atoms with Crippen LogP contribution in [0.5, 0.6) is 11.5 Å². The van der Waals surface area contributed by atoms with Crippen molar-refractivity contribution in [1.82, 2.24) is 0 Å². The van der Waals surface area contributed by atoms with Crippen molar-refractivity contribution >= 4 is 11.5 Å². The highest BCUT2D eigenvalue weighted by Crippen LogP contribution is 2.32. The molecule has 0 aliphatic rings. The third-order valence-corrected chi connectivity index (χ3v) is 4.22. The number of hydrogen-bond acceptors (Lipinski definition) is 5. The SMILES string of the molecule is COc1ccc(OCc2c(C)cc(C)c(C(C)=O)c2C)c([N+](=O)[O-])c1. The molecular weight excluding hydrogens is 322 g/mol. The van der Waals surface area contributed by atoms with Gasteiger partial charge in [-0.25, -0.2) is 0 Å². The molecule has 0 atom stereocenters. The van der Waals surface area contributed by atoms with Gasteiger partial charge in [-0.1, -0.05) is 6.07 Å². The minimum atomic E-state index is -0.506. The summed E-state index contributed by atoms with van der Waals surface area (Å²) < 4.78 is 10.7. The number of methoxy groups -OCH3 is 1. The lowest BCUT2D eigenvalue weighted by Crippen LogP contribution is -2.09. The van der Waals surface area contributed by atoms with E-state index in [4.69, 9.17) is 9.47 Å². The Morgan fingerprint density at radius 2 is 1.84 bits per heavy atom. The van der Waals surface area contributed by atoms with Crippen molar-refractivity contribution in [3.05, 3.63) is 62.2 Å². The minimum absolute atomic E-state index is 0.00771. The fourth-order valence-electron chi connectivity index (χ4n) is 3.03. The summed E-state index contributed by atoms with van der Waals surface area (Å²) in [6.07, 6.45) is 0. The molecule has 0 N–H and O–H groups in total. The summed E-state index contributed by atoms with van der Waals surface area (Å²) in [6.45, 7) is 7.38. The molecule has 0 heterocycles. The predicted octanol–water partition coefficient (Wildman–Crippen LogP) is 4.31. The molecule has 0 radical (unpaired) electrons. The van der Waals surface area contributed by atoms with Gasteiger partial charge >= 0.3 is 5.69 Å². The number of carbonyl (C=O) groups excluding carboxylic acids is 1. The summed E-state index contributed by atoms with van der Waals surface area (Å²) in [5.74, 6) is 0.543. The number of carbonyl (C=O) groups is 1. The van der Waals surface area contributed by atoms with Crippen LogP contribution in [0.15, 0.2) is 24.3 Å². The Labute approximate surface area is 146 Å². The van der Waals surface area contributed by atoms with Crippen LogP contribution >= 0.6 is 0 Å². The average Bonchev–Trinajstić information content (AvgIpc) is 2.53. The zero-order valence-electron chi connectivity index (χ0n) is 15.0. The number of Topliss-reactive ketones (excluding diaryl/α,β-unsaturated/α-hetero) is 1. The molecule has 0 aromatic heterocycles. The fourth-order valence-corrected chi connectivity index (χ4v) is 3.03. The molecule has 2 aromatic carbocycles. The molecule has 6 heteroatoms. The van der Waals surface area contributed by atoms with Crippen molar-refractivity contribution in [2.45, 2.75) is 34.3 Å². The van der Waals surface area contributed by atoms with E-state index in [2.05, 4.69) is 0 Å². The van der Waals surface area contributed by atoms with Gasteiger partial charge in [0.2, 0.25) is 0 Å². The van der Waals surface area contributed by atoms with E-state index < -0.39 is 4.92 Å². The number of nitro benzene ring substituents is 1. The minimum Gasteiger partial charge on any atom is -0.496 e. The van der Waals surface area contributed by atoms with E-state index >= 15 is 0 Å². The normalized spacial score (nSPS) is 10.4. The number of rotatable bonds is 6. The van der Waals surface area contributed by atoms with Gasteiger partial charge < -0.3 is 9.47 Å². The van der Waals surface area contributed by atoms with Crippen LogP contribution in [0.2, 0.25) is 0 Å². The van der Waals surface area contributed by atoms with Gasteiger partial charge in [0.15, 0.2) is 11.5 Å². The van der Waals surface area contributed by atoms with Crippen molar-refractivity contribution in [2.75, 3.05) is 7.11 Å². The zero-order chi connectivity index (χ0) is 18.7. The second-order valence-electron chi connectivity index (χ2n) is 5.92. The van der Waals surface area contributed by atoms with Crippen LogP contribution in [0.1, 0.15) is 39.5 Å². The zero-order valence-corrected chi connectivity index (χ0v) is 15.0. The van der Waals surface area contributed by atoms with E-state index in [0.29, 0.717) is 11.3 Å². The molecule has 0 bridgehead atoms. The summed E-state index contributed by atoms with van der Waals surface area (Å²) in [5, 5.41) is 11.2. The molecular formula is C19H21NO5. The largest absolute Gasteiger partial charge is 0.496 e. The lowest BCUT2D eigenvalue weighted by atomic mass is 9.92. The van der Waals surface area contributed by atoms with Gasteiger partial charge in [-0.3, -0.25) is 14.9 Å². The van der Waals surface area contributed by atoms with Gasteiger partial charge in [-0.2, -0.15) is 0 Å². The van der Waals surface area contributed by atoms with Gasteiger partial charge in [-0.15, -0.1) is 0 Å². The van der Waals surface area contributed by atoms with E-state index in [1.165, 1.54) is 26.2 Å². The van der Waals surface area contributed by atoms with E-state index in [-0.39, 0.29) is 23.8 Å². The number of hydrogen-bond donors (Lipinski definition) is 0. The van der Waals surface area contributed by atoms with Crippen molar-refractivity contribution in [2.24, 2.45) is 0 Å². The molecule has 0 saturated heterocycles. The van der Waals surface area contributed by atoms with Crippen LogP contribution in [0.3, 0.4) is 0 Å². The molecule has 0 spiro atoms. The summed E-state index contributed by atoms with van der Waals surface area (Å²) >= 11 is 0. The van der Waals surface area contributed by atoms with Gasteiger partial charge in [0.25, 0.3) is 0 Å². The summed E-state index contributed by atoms with van der Waals surface area (Å²) in [6, 6.07) is 6.38. The Morgan fingerprint density at radius 3 is 2.40 bits per heavy atom. The third-order valence-electron chi connectivity index (χ3n) is 4.22. The maximum atomic E-state index is 11.9. The molecule has 2 rings (SSSR count). The number of ketones is 1. The van der Waals surface area contributed by atoms with E-state index in [1.807, 2.05) is 26.8 Å². The molecule has 0 saturated carbocycles. The number of aryl methyl sites for hydroxylation is 2. The molecule has 0 amide bonds. The Balaban J connectivity index is 2.38. The summed E-state index contributed by atoms with van der Waals surface area (Å²) in [4.78, 5) is 22.6. The first-order valence-electron chi connectivity index (χ1n) is 7.82. The van der Waals surface area contributed by atoms with Gasteiger partial charge in [0.05, 0.1) is 18.1 Å². The van der Waals surface area contributed by atoms with Gasteiger partial charge in [-0.05, 0) is 62.1 Å². The number of ether oxygens (including phenoxy) is 2. The molecule has 0 aliphatic carbocycles. The van der Waals surface area contributed by atoms with Crippen molar-refractivity contribution in [1.29, 1.82) is 0 Å². The third kappa shape index (κ3) is 3.79. The van der Waals surface area contributed by atoms with Crippen LogP contribution in [-0.2, 0) is 6.61 Å². The monoisotopic (exact) mass is 343 g/mol. The smallest absolute Gasteiger partial charge is 0.314 e. The first-order valence-corrected chi connectivity index (χ1v) is 7.82. The maximum absolute atomic E-state index is 11.9. The highest BCUT2D eigenvalue weighted by atomic mass is 16.6. The van der Waals surface area contributed by atoms with Crippen LogP contribution in [-0.4, -0.2) is 17.8 Å². The second-order valence-corrected chi connectivity index (χ2v) is 5.92. The highest BCUT2D eigenvalue weighted by molar-refractivity contribution is 5.97. The average molecular weight is 343 g/mol. The first kappa shape index (κ1) is 18.4. The maximum Gasteiger partial charge on any atom is 0.314 e. The van der Waals surface area contributed by atoms with Crippen molar-refractivity contribution in [3.63, 3.8) is 0 Å². The van der Waals surface area contributed by atoms with Crippen molar-refractivity contribution in [3.8, 4) is 11.5 Å². The summed E-state index contributed by atoms with van der Waals surface area (Å²) in [5.41, 5.74) is 4.13. The molecule has 2 aromatic rings. The molecule has 25 heavy (non-hydrogen) atoms. The van der Waals surface area contributed by atoms with E-state index in [1.54, 1.807) is 6.07 Å². The number of nitrogens with zero attached hydrogens (tertiary/aromatic N) is 1. The van der Waals surface area contributed by atoms with Crippen LogP contribution in [0, 0.1) is 30.9 Å². The van der Waals surface area contributed by atoms with Crippen LogP contribution in [0.25, 0.3) is 0 Å². The van der Waals surface area contributed by atoms with Gasteiger partial charge in [0, 0.05) is 5.56 Å². The molecule has 0 aliphatic heterocycles. The number of nitro groups is 1. The fraction of sp³-hybridized carbons (Fsp3) is 0.316. The first-order chi connectivity index (χ1) is 11.8. The highest BCUT2D eigenvalue weighted by Gasteiger charge is 2.19. The Bertz CT molecular complexity index is 842. The topological polar surface area (TPSA) is 78.7 Å². The molecule has 132 valence electrons. The van der Waals surface area contributed by atoms with Crippen LogP contribution in [0.4, 0.5) is 5.69 Å².